The van der Waals surface area contributed by atoms with Gasteiger partial charge in [-0.1, -0.05) is 26.0 Å². The van der Waals surface area contributed by atoms with E-state index in [1.54, 1.807) is 43.6 Å². The molecule has 0 unspecified atom stereocenters. The Hall–Kier alpha value is -3.99. The van der Waals surface area contributed by atoms with Crippen molar-refractivity contribution in [3.8, 4) is 11.5 Å². The summed E-state index contributed by atoms with van der Waals surface area (Å²) in [5.41, 5.74) is -4.32. The summed E-state index contributed by atoms with van der Waals surface area (Å²) in [6.45, 7) is 3.85. The highest BCUT2D eigenvalue weighted by molar-refractivity contribution is 7.91. The summed E-state index contributed by atoms with van der Waals surface area (Å²) < 4.78 is 98.6. The molecule has 3 fully saturated rings. The molecule has 2 aliphatic heterocycles. The van der Waals surface area contributed by atoms with E-state index in [9.17, 15) is 45.2 Å². The third kappa shape index (κ3) is 9.50. The van der Waals surface area contributed by atoms with Crippen molar-refractivity contribution in [3.63, 3.8) is 0 Å². The molecule has 18 heteroatoms. The van der Waals surface area contributed by atoms with Crippen molar-refractivity contribution in [2.45, 2.75) is 114 Å². The summed E-state index contributed by atoms with van der Waals surface area (Å²) in [6, 6.07) is 4.13. The molecule has 0 spiro atoms. The number of carbonyl (C=O) groups excluding carboxylic acids is 4. The first-order valence-electron chi connectivity index (χ1n) is 19.7. The summed E-state index contributed by atoms with van der Waals surface area (Å²) in [5, 5.41) is 1.44. The van der Waals surface area contributed by atoms with Crippen molar-refractivity contribution in [2.24, 2.45) is 29.1 Å². The third-order valence-corrected chi connectivity index (χ3v) is 14.6. The molecule has 2 saturated carbocycles. The second-order valence-electron chi connectivity index (χ2n) is 17.2. The molecule has 1 saturated heterocycles. The number of esters is 1. The fourth-order valence-corrected chi connectivity index (χ4v) is 9.82. The number of H-pyrrole nitrogens is 1. The SMILES string of the molecule is COc1ccc2c(O[C@@H]3C[C@H]4C(=O)C[C@]5(C(=O)NS(=O)(=O)C6(CF)CC6)C[C@H]5/C=C\CC[C@@H](C)C[C@@H](C)[C@H](CC(=O)OC(C)(C)C(F)(F)F)C(=O)N4C3)c[nH+]cc2c1.[Cl-]. The van der Waals surface area contributed by atoms with Gasteiger partial charge in [-0.2, -0.15) is 13.2 Å². The fraction of sp³-hybridized carbons (Fsp3) is 0.634. The highest BCUT2D eigenvalue weighted by atomic mass is 35.5. The minimum atomic E-state index is -4.88. The lowest BCUT2D eigenvalue weighted by atomic mass is 9.82. The van der Waals surface area contributed by atoms with Crippen molar-refractivity contribution >= 4 is 44.4 Å². The maximum atomic E-state index is 14.8. The number of carbonyl (C=O) groups is 4. The van der Waals surface area contributed by atoms with Gasteiger partial charge in [-0.25, -0.2) is 17.8 Å². The molecule has 7 atom stereocenters. The van der Waals surface area contributed by atoms with Gasteiger partial charge in [0.2, 0.25) is 33.6 Å². The number of aromatic nitrogens is 1. The molecule has 326 valence electrons. The number of alkyl halides is 4. The van der Waals surface area contributed by atoms with E-state index in [2.05, 4.69) is 9.71 Å². The molecule has 4 aliphatic rings. The number of nitrogens with zero attached hydrogens (tertiary/aromatic N) is 1. The maximum absolute atomic E-state index is 14.8. The van der Waals surface area contributed by atoms with E-state index < -0.39 is 105 Å². The lowest BCUT2D eigenvalue weighted by Crippen LogP contribution is -3.00. The Kier molecular flexibility index (Phi) is 13.4. The smallest absolute Gasteiger partial charge is 0.427 e. The first-order valence-corrected chi connectivity index (χ1v) is 21.2. The number of benzene rings is 1. The molecule has 6 rings (SSSR count). The quantitative estimate of drug-likeness (QED) is 0.215. The summed E-state index contributed by atoms with van der Waals surface area (Å²) in [5.74, 6) is -4.58. The number of pyridine rings is 1. The van der Waals surface area contributed by atoms with Crippen molar-refractivity contribution in [3.05, 3.63) is 42.7 Å². The zero-order valence-electron chi connectivity index (χ0n) is 33.7. The number of rotatable bonds is 10. The molecule has 0 bridgehead atoms. The highest BCUT2D eigenvalue weighted by Crippen LogP contribution is 2.58. The molecule has 1 aromatic carbocycles. The number of halogens is 5. The van der Waals surface area contributed by atoms with Crippen LogP contribution in [-0.2, 0) is 33.9 Å². The molecule has 2 aliphatic carbocycles. The molecular weight excluding hydrogens is 822 g/mol. The van der Waals surface area contributed by atoms with Crippen molar-refractivity contribution in [1.29, 1.82) is 0 Å². The average molecular weight is 874 g/mol. The lowest BCUT2D eigenvalue weighted by molar-refractivity contribution is -0.377. The van der Waals surface area contributed by atoms with Gasteiger partial charge in [-0.3, -0.25) is 23.9 Å². The summed E-state index contributed by atoms with van der Waals surface area (Å²) in [7, 11) is -2.88. The molecule has 3 heterocycles. The number of ether oxygens (including phenoxy) is 3. The van der Waals surface area contributed by atoms with Crippen LogP contribution in [0.2, 0.25) is 0 Å². The van der Waals surface area contributed by atoms with Crippen LogP contribution in [0.25, 0.3) is 10.8 Å². The number of methoxy groups -OCH3 is 1. The molecule has 0 radical (unpaired) electrons. The number of amides is 2. The predicted octanol–water partition coefficient (Wildman–Crippen LogP) is 2.83. The lowest BCUT2D eigenvalue weighted by Gasteiger charge is -2.33. The molecule has 59 heavy (non-hydrogen) atoms. The molecule has 2 amide bonds. The number of allylic oxidation sites excluding steroid dienone is 2. The second-order valence-corrected chi connectivity index (χ2v) is 19.3. The number of ketones is 1. The Labute approximate surface area is 347 Å². The van der Waals surface area contributed by atoms with Gasteiger partial charge >= 0.3 is 12.1 Å². The molecular formula is C41H52ClF4N3O9S. The van der Waals surface area contributed by atoms with Crippen LogP contribution < -0.4 is 31.6 Å². The van der Waals surface area contributed by atoms with Gasteiger partial charge in [0.1, 0.15) is 23.3 Å². The van der Waals surface area contributed by atoms with Gasteiger partial charge in [-0.05, 0) is 88.3 Å². The number of hydrogen-bond donors (Lipinski definition) is 1. The van der Waals surface area contributed by atoms with E-state index in [4.69, 9.17) is 14.2 Å². The zero-order valence-corrected chi connectivity index (χ0v) is 35.3. The number of nitrogens with one attached hydrogen (secondary N) is 2. The Morgan fingerprint density at radius 1 is 1.08 bits per heavy atom. The number of fused-ring (bicyclic) bond motifs is 3. The van der Waals surface area contributed by atoms with Crippen LogP contribution >= 0.6 is 0 Å². The number of aromatic amines is 1. The van der Waals surface area contributed by atoms with Gasteiger partial charge in [-0.15, -0.1) is 0 Å². The average Bonchev–Trinajstić information content (AvgIpc) is 4.05. The minimum absolute atomic E-state index is 0. The number of Topliss-reactive ketones (excluding diaryl/α,β-unsaturated/α-hetero) is 1. The molecule has 1 aromatic heterocycles. The highest BCUT2D eigenvalue weighted by Gasteiger charge is 2.63. The Morgan fingerprint density at radius 2 is 1.80 bits per heavy atom. The third-order valence-electron chi connectivity index (χ3n) is 12.5. The number of hydrogen-bond acceptors (Lipinski definition) is 9. The van der Waals surface area contributed by atoms with Crippen LogP contribution in [0.15, 0.2) is 42.7 Å². The first-order chi connectivity index (χ1) is 27.2. The second kappa shape index (κ2) is 17.2. The summed E-state index contributed by atoms with van der Waals surface area (Å²) in [6.07, 6.45) is 2.04. The summed E-state index contributed by atoms with van der Waals surface area (Å²) >= 11 is 0. The predicted molar refractivity (Wildman–Crippen MR) is 202 cm³/mol. The van der Waals surface area contributed by atoms with E-state index in [1.807, 2.05) is 13.0 Å². The van der Waals surface area contributed by atoms with Crippen LogP contribution in [0.1, 0.15) is 85.5 Å². The van der Waals surface area contributed by atoms with Crippen molar-refractivity contribution in [1.82, 2.24) is 9.62 Å². The van der Waals surface area contributed by atoms with Crippen LogP contribution in [-0.4, -0.2) is 85.9 Å². The van der Waals surface area contributed by atoms with Gasteiger partial charge in [0.15, 0.2) is 17.7 Å². The van der Waals surface area contributed by atoms with E-state index >= 15 is 0 Å². The van der Waals surface area contributed by atoms with Gasteiger partial charge in [0, 0.05) is 18.2 Å². The number of sulfonamides is 1. The fourth-order valence-electron chi connectivity index (χ4n) is 8.38. The van der Waals surface area contributed by atoms with E-state index in [0.29, 0.717) is 36.1 Å². The molecule has 2 aromatic rings. The van der Waals surface area contributed by atoms with Crippen LogP contribution in [0.5, 0.6) is 11.5 Å². The largest absolute Gasteiger partial charge is 1.00 e. The summed E-state index contributed by atoms with van der Waals surface area (Å²) in [4.78, 5) is 60.9. The Morgan fingerprint density at radius 3 is 2.44 bits per heavy atom. The van der Waals surface area contributed by atoms with Gasteiger partial charge < -0.3 is 31.5 Å². The van der Waals surface area contributed by atoms with E-state index in [-0.39, 0.29) is 50.6 Å². The van der Waals surface area contributed by atoms with E-state index in [1.165, 1.54) is 12.0 Å². The van der Waals surface area contributed by atoms with Gasteiger partial charge in [0.05, 0.1) is 42.8 Å². The van der Waals surface area contributed by atoms with Crippen LogP contribution in [0.4, 0.5) is 17.6 Å². The molecule has 12 nitrogen and oxygen atoms in total. The van der Waals surface area contributed by atoms with Crippen molar-refractivity contribution in [2.75, 3.05) is 20.3 Å². The monoisotopic (exact) mass is 873 g/mol. The topological polar surface area (TPSA) is 160 Å². The van der Waals surface area contributed by atoms with Crippen molar-refractivity contribution < 1.29 is 76.8 Å². The normalized spacial score (nSPS) is 29.1. The Balaban J connectivity index is 0.00000661. The van der Waals surface area contributed by atoms with Crippen LogP contribution in [0.3, 0.4) is 0 Å². The zero-order chi connectivity index (χ0) is 42.4. The minimum Gasteiger partial charge on any atom is -1.00 e. The van der Waals surface area contributed by atoms with Gasteiger partial charge in [0.25, 0.3) is 0 Å². The first kappa shape index (κ1) is 46.1. The molecule has 2 N–H and O–H groups in total. The van der Waals surface area contributed by atoms with Crippen LogP contribution in [0, 0.1) is 29.1 Å². The Bertz CT molecular complexity index is 2080. The van der Waals surface area contributed by atoms with E-state index in [0.717, 1.165) is 19.2 Å². The maximum Gasteiger partial charge on any atom is 0.427 e. The standard InChI is InChI=1S/C41H51F4N3O9S.ClH/c1-24-8-6-7-9-27-18-40(27,37(52)47-58(53,54)39(23-42)12-13-39)19-33(49)32-16-29(56-34-21-46-20-26-15-28(55-5)10-11-30(26)34)22-48(32)36(51)31(25(2)14-24)17-35(50)57-38(3,4)41(43,44)45;/h7,9-11,15,20-21,24-25,27,29,31-32H,6,8,12-14,16-19,22-23H2,1-5H3,(H,47,52);1H/b9-7-;/t24-,25-,27-,29-,31+,32+,40-;/m1./s1.